The minimum Gasteiger partial charge on any atom is -0.391 e. The Kier molecular flexibility index (Phi) is 6.22. The van der Waals surface area contributed by atoms with Gasteiger partial charge in [0.05, 0.1) is 12.1 Å². The number of aliphatic hydroxyl groups is 1. The van der Waals surface area contributed by atoms with Crippen LogP contribution >= 0.6 is 12.4 Å². The van der Waals surface area contributed by atoms with Crippen molar-refractivity contribution in [2.75, 3.05) is 0 Å². The molecular weight excluding hydrogens is 318 g/mol. The molecule has 3 aromatic rings. The van der Waals surface area contributed by atoms with Crippen LogP contribution in [0.2, 0.25) is 0 Å². The summed E-state index contributed by atoms with van der Waals surface area (Å²) < 4.78 is 0. The Balaban J connectivity index is 0.00000208. The van der Waals surface area contributed by atoms with Gasteiger partial charge in [0.25, 0.3) is 0 Å². The zero-order chi connectivity index (χ0) is 16.4. The third-order valence-electron chi connectivity index (χ3n) is 4.60. The standard InChI is InChI=1S/C21H25NO.ClH/c1-14(2)11-12-19(23)21(22)20-17-9-5-3-7-15(17)13-16-8-4-6-10-18(16)20;/h3-10,13-14,19,21,23H,11-12,22H2,1-2H3;1H/t19-,21-;/m1./s1. The number of rotatable bonds is 5. The third kappa shape index (κ3) is 3.72. The normalized spacial score (nSPS) is 13.9. The van der Waals surface area contributed by atoms with Crippen LogP contribution in [0.5, 0.6) is 0 Å². The van der Waals surface area contributed by atoms with E-state index in [0.717, 1.165) is 29.2 Å². The Hall–Kier alpha value is -1.61. The van der Waals surface area contributed by atoms with E-state index in [2.05, 4.69) is 44.2 Å². The summed E-state index contributed by atoms with van der Waals surface area (Å²) in [5.74, 6) is 0.570. The monoisotopic (exact) mass is 343 g/mol. The highest BCUT2D eigenvalue weighted by atomic mass is 35.5. The van der Waals surface area contributed by atoms with Crippen molar-refractivity contribution in [2.24, 2.45) is 11.7 Å². The molecule has 3 rings (SSSR count). The Labute approximate surface area is 150 Å². The van der Waals surface area contributed by atoms with Crippen molar-refractivity contribution in [1.82, 2.24) is 0 Å². The number of fused-ring (bicyclic) bond motifs is 2. The lowest BCUT2D eigenvalue weighted by Crippen LogP contribution is -2.27. The molecule has 0 aliphatic heterocycles. The van der Waals surface area contributed by atoms with Crippen molar-refractivity contribution in [3.8, 4) is 0 Å². The molecule has 0 bridgehead atoms. The van der Waals surface area contributed by atoms with Gasteiger partial charge >= 0.3 is 0 Å². The van der Waals surface area contributed by atoms with Crippen molar-refractivity contribution in [1.29, 1.82) is 0 Å². The largest absolute Gasteiger partial charge is 0.391 e. The Morgan fingerprint density at radius 3 is 1.88 bits per heavy atom. The Bertz CT molecular complexity index is 761. The van der Waals surface area contributed by atoms with E-state index in [1.165, 1.54) is 10.8 Å². The molecule has 2 nitrogen and oxygen atoms in total. The second-order valence-electron chi connectivity index (χ2n) is 6.80. The number of aliphatic hydroxyl groups excluding tert-OH is 1. The summed E-state index contributed by atoms with van der Waals surface area (Å²) in [6, 6.07) is 18.4. The van der Waals surface area contributed by atoms with E-state index in [-0.39, 0.29) is 18.4 Å². The number of nitrogens with two attached hydrogens (primary N) is 1. The number of hydrogen-bond acceptors (Lipinski definition) is 2. The van der Waals surface area contributed by atoms with Crippen molar-refractivity contribution in [3.63, 3.8) is 0 Å². The quantitative estimate of drug-likeness (QED) is 0.624. The molecule has 0 aliphatic carbocycles. The zero-order valence-electron chi connectivity index (χ0n) is 14.3. The lowest BCUT2D eigenvalue weighted by atomic mass is 9.88. The highest BCUT2D eigenvalue weighted by Crippen LogP contribution is 2.34. The van der Waals surface area contributed by atoms with Crippen LogP contribution in [0.15, 0.2) is 54.6 Å². The minimum absolute atomic E-state index is 0. The summed E-state index contributed by atoms with van der Waals surface area (Å²) in [6.07, 6.45) is 1.19. The van der Waals surface area contributed by atoms with E-state index < -0.39 is 6.10 Å². The maximum atomic E-state index is 10.6. The van der Waals surface area contributed by atoms with Gasteiger partial charge in [-0.2, -0.15) is 0 Å². The summed E-state index contributed by atoms with van der Waals surface area (Å²) in [5.41, 5.74) is 7.57. The molecule has 0 heterocycles. The lowest BCUT2D eigenvalue weighted by Gasteiger charge is -2.23. The Morgan fingerprint density at radius 2 is 1.38 bits per heavy atom. The van der Waals surface area contributed by atoms with Crippen LogP contribution in [0.1, 0.15) is 38.3 Å². The Morgan fingerprint density at radius 1 is 0.875 bits per heavy atom. The molecule has 128 valence electrons. The van der Waals surface area contributed by atoms with Gasteiger partial charge in [0, 0.05) is 0 Å². The molecule has 3 heteroatoms. The highest BCUT2D eigenvalue weighted by Gasteiger charge is 2.21. The average Bonchev–Trinajstić information content (AvgIpc) is 2.56. The fourth-order valence-corrected chi connectivity index (χ4v) is 3.28. The predicted octanol–water partition coefficient (Wildman–Crippen LogP) is 5.21. The van der Waals surface area contributed by atoms with Crippen LogP contribution < -0.4 is 5.73 Å². The number of hydrogen-bond donors (Lipinski definition) is 2. The van der Waals surface area contributed by atoms with Gasteiger partial charge < -0.3 is 10.8 Å². The van der Waals surface area contributed by atoms with Crippen molar-refractivity contribution in [3.05, 3.63) is 60.2 Å². The first-order chi connectivity index (χ1) is 11.1. The SMILES string of the molecule is CC(C)CC[C@@H](O)[C@@H](N)c1c2ccccc2cc2ccccc12.Cl. The summed E-state index contributed by atoms with van der Waals surface area (Å²) in [4.78, 5) is 0. The molecule has 0 saturated carbocycles. The van der Waals surface area contributed by atoms with Crippen LogP contribution in [0, 0.1) is 5.92 Å². The second-order valence-corrected chi connectivity index (χ2v) is 6.80. The molecule has 0 aromatic heterocycles. The van der Waals surface area contributed by atoms with Gasteiger partial charge in [-0.05, 0) is 51.9 Å². The molecule has 0 saturated heterocycles. The second kappa shape index (κ2) is 7.98. The fourth-order valence-electron chi connectivity index (χ4n) is 3.28. The van der Waals surface area contributed by atoms with Gasteiger partial charge in [-0.3, -0.25) is 0 Å². The topological polar surface area (TPSA) is 46.2 Å². The van der Waals surface area contributed by atoms with Gasteiger partial charge in [-0.25, -0.2) is 0 Å². The van der Waals surface area contributed by atoms with Crippen LogP contribution in [-0.4, -0.2) is 11.2 Å². The van der Waals surface area contributed by atoms with Crippen molar-refractivity contribution >= 4 is 34.0 Å². The summed E-state index contributed by atoms with van der Waals surface area (Å²) in [7, 11) is 0. The van der Waals surface area contributed by atoms with Gasteiger partial charge in [-0.15, -0.1) is 12.4 Å². The third-order valence-corrected chi connectivity index (χ3v) is 4.60. The summed E-state index contributed by atoms with van der Waals surface area (Å²) in [5, 5.41) is 15.2. The predicted molar refractivity (Wildman–Crippen MR) is 106 cm³/mol. The van der Waals surface area contributed by atoms with Gasteiger partial charge in [0.2, 0.25) is 0 Å². The van der Waals surface area contributed by atoms with Crippen LogP contribution in [0.3, 0.4) is 0 Å². The van der Waals surface area contributed by atoms with E-state index in [0.29, 0.717) is 5.92 Å². The van der Waals surface area contributed by atoms with Gasteiger partial charge in [0.15, 0.2) is 0 Å². The molecule has 3 N–H and O–H groups in total. The van der Waals surface area contributed by atoms with Crippen molar-refractivity contribution < 1.29 is 5.11 Å². The van der Waals surface area contributed by atoms with E-state index in [1.54, 1.807) is 0 Å². The molecule has 0 radical (unpaired) electrons. The lowest BCUT2D eigenvalue weighted by molar-refractivity contribution is 0.129. The fraction of sp³-hybridized carbons (Fsp3) is 0.333. The first kappa shape index (κ1) is 18.7. The van der Waals surface area contributed by atoms with E-state index >= 15 is 0 Å². The molecule has 0 aliphatic rings. The summed E-state index contributed by atoms with van der Waals surface area (Å²) in [6.45, 7) is 4.34. The maximum Gasteiger partial charge on any atom is 0.0733 e. The molecule has 3 aromatic carbocycles. The van der Waals surface area contributed by atoms with E-state index in [4.69, 9.17) is 5.73 Å². The first-order valence-electron chi connectivity index (χ1n) is 8.42. The van der Waals surface area contributed by atoms with Crippen LogP contribution in [0.25, 0.3) is 21.5 Å². The zero-order valence-corrected chi connectivity index (χ0v) is 15.1. The van der Waals surface area contributed by atoms with Crippen LogP contribution in [-0.2, 0) is 0 Å². The molecule has 0 fully saturated rings. The number of benzene rings is 3. The number of halogens is 1. The minimum atomic E-state index is -0.522. The molecule has 2 atom stereocenters. The van der Waals surface area contributed by atoms with E-state index in [1.807, 2.05) is 24.3 Å². The van der Waals surface area contributed by atoms with Gasteiger partial charge in [-0.1, -0.05) is 62.4 Å². The molecular formula is C21H26ClNO. The summed E-state index contributed by atoms with van der Waals surface area (Å²) >= 11 is 0. The van der Waals surface area contributed by atoms with Crippen LogP contribution in [0.4, 0.5) is 0 Å². The highest BCUT2D eigenvalue weighted by molar-refractivity contribution is 6.02. The van der Waals surface area contributed by atoms with Gasteiger partial charge in [0.1, 0.15) is 0 Å². The molecule has 0 spiro atoms. The first-order valence-corrected chi connectivity index (χ1v) is 8.42. The molecule has 0 unspecified atom stereocenters. The smallest absolute Gasteiger partial charge is 0.0733 e. The maximum absolute atomic E-state index is 10.6. The molecule has 24 heavy (non-hydrogen) atoms. The van der Waals surface area contributed by atoms with Crippen molar-refractivity contribution in [2.45, 2.75) is 38.8 Å². The average molecular weight is 344 g/mol. The van der Waals surface area contributed by atoms with E-state index in [9.17, 15) is 5.11 Å². The molecule has 0 amide bonds.